The van der Waals surface area contributed by atoms with Crippen LogP contribution in [0.1, 0.15) is 47.0 Å². The number of aliphatic hydroxyl groups excluding tert-OH is 1. The van der Waals surface area contributed by atoms with E-state index in [0.717, 1.165) is 12.8 Å². The molecule has 0 spiro atoms. The van der Waals surface area contributed by atoms with Crippen molar-refractivity contribution >= 4 is 6.09 Å². The number of aliphatic hydroxyl groups is 1. The summed E-state index contributed by atoms with van der Waals surface area (Å²) in [5, 5.41) is 12.2. The summed E-state index contributed by atoms with van der Waals surface area (Å²) in [5.74, 6) is 0. The van der Waals surface area contributed by atoms with Crippen LogP contribution in [0.4, 0.5) is 4.79 Å². The van der Waals surface area contributed by atoms with Gasteiger partial charge in [-0.25, -0.2) is 4.79 Å². The van der Waals surface area contributed by atoms with Gasteiger partial charge in [0.15, 0.2) is 0 Å². The molecule has 0 heterocycles. The fourth-order valence-corrected chi connectivity index (χ4v) is 1.87. The Morgan fingerprint density at radius 1 is 1.53 bits per heavy atom. The van der Waals surface area contributed by atoms with Crippen molar-refractivity contribution in [3.8, 4) is 0 Å². The molecule has 0 aromatic heterocycles. The molecule has 1 rings (SSSR count). The van der Waals surface area contributed by atoms with E-state index in [0.29, 0.717) is 6.42 Å². The highest BCUT2D eigenvalue weighted by atomic mass is 16.6. The first-order chi connectivity index (χ1) is 6.70. The lowest BCUT2D eigenvalue weighted by Crippen LogP contribution is -2.46. The van der Waals surface area contributed by atoms with E-state index in [-0.39, 0.29) is 11.6 Å². The second-order valence-corrected chi connectivity index (χ2v) is 5.58. The second-order valence-electron chi connectivity index (χ2n) is 5.58. The number of carbonyl (C=O) groups is 1. The molecule has 0 radical (unpaired) electrons. The highest BCUT2D eigenvalue weighted by Gasteiger charge is 2.36. The molecule has 0 saturated heterocycles. The zero-order chi connectivity index (χ0) is 11.7. The van der Waals surface area contributed by atoms with E-state index in [1.54, 1.807) is 0 Å². The molecule has 1 aliphatic carbocycles. The van der Waals surface area contributed by atoms with E-state index in [9.17, 15) is 9.90 Å². The molecule has 0 aromatic carbocycles. The van der Waals surface area contributed by atoms with Crippen molar-refractivity contribution in [2.24, 2.45) is 0 Å². The highest BCUT2D eigenvalue weighted by molar-refractivity contribution is 5.68. The molecule has 0 aromatic rings. The lowest BCUT2D eigenvalue weighted by molar-refractivity contribution is 0.0459. The van der Waals surface area contributed by atoms with Crippen LogP contribution in [0.15, 0.2) is 0 Å². The van der Waals surface area contributed by atoms with Gasteiger partial charge in [-0.3, -0.25) is 0 Å². The minimum Gasteiger partial charge on any atom is -0.444 e. The van der Waals surface area contributed by atoms with Crippen LogP contribution in [-0.2, 0) is 4.74 Å². The lowest BCUT2D eigenvalue weighted by atomic mass is 10.0. The lowest BCUT2D eigenvalue weighted by Gasteiger charge is -2.28. The standard InChI is InChI=1S/C11H21NO3/c1-10(2,3)15-9(14)12-11(4)6-5-8(13)7-11/h8,13H,5-7H2,1-4H3,(H,12,14)/t8-,11+/m1/s1. The smallest absolute Gasteiger partial charge is 0.408 e. The van der Waals surface area contributed by atoms with Crippen molar-refractivity contribution in [3.05, 3.63) is 0 Å². The molecular formula is C11H21NO3. The number of alkyl carbamates (subject to hydrolysis) is 1. The van der Waals surface area contributed by atoms with E-state index in [1.165, 1.54) is 0 Å². The number of carbonyl (C=O) groups excluding carboxylic acids is 1. The first-order valence-corrected chi connectivity index (χ1v) is 5.39. The average molecular weight is 215 g/mol. The Kier molecular flexibility index (Phi) is 3.28. The third-order valence-electron chi connectivity index (χ3n) is 2.52. The van der Waals surface area contributed by atoms with Gasteiger partial charge in [-0.05, 0) is 47.0 Å². The summed E-state index contributed by atoms with van der Waals surface area (Å²) < 4.78 is 5.17. The largest absolute Gasteiger partial charge is 0.444 e. The second kappa shape index (κ2) is 4.00. The van der Waals surface area contributed by atoms with Crippen LogP contribution in [0.5, 0.6) is 0 Å². The zero-order valence-corrected chi connectivity index (χ0v) is 9.96. The van der Waals surface area contributed by atoms with E-state index in [1.807, 2.05) is 27.7 Å². The van der Waals surface area contributed by atoms with Gasteiger partial charge in [0.2, 0.25) is 0 Å². The molecule has 1 aliphatic rings. The summed E-state index contributed by atoms with van der Waals surface area (Å²) in [7, 11) is 0. The van der Waals surface area contributed by atoms with Crippen LogP contribution in [-0.4, -0.2) is 28.4 Å². The molecule has 1 fully saturated rings. The van der Waals surface area contributed by atoms with Crippen LogP contribution in [0.25, 0.3) is 0 Å². The SMILES string of the molecule is CC(C)(C)OC(=O)N[C@@]1(C)CC[C@@H](O)C1. The molecule has 0 unspecified atom stereocenters. The summed E-state index contributed by atoms with van der Waals surface area (Å²) in [6.45, 7) is 7.43. The fourth-order valence-electron chi connectivity index (χ4n) is 1.87. The Morgan fingerprint density at radius 2 is 2.13 bits per heavy atom. The summed E-state index contributed by atoms with van der Waals surface area (Å²) in [5.41, 5.74) is -0.792. The third-order valence-corrected chi connectivity index (χ3v) is 2.52. The van der Waals surface area contributed by atoms with Gasteiger partial charge in [0.05, 0.1) is 6.10 Å². The number of nitrogens with one attached hydrogen (secondary N) is 1. The van der Waals surface area contributed by atoms with Crippen LogP contribution in [0.2, 0.25) is 0 Å². The van der Waals surface area contributed by atoms with E-state index in [4.69, 9.17) is 4.74 Å². The predicted molar refractivity (Wildman–Crippen MR) is 57.6 cm³/mol. The van der Waals surface area contributed by atoms with Crippen LogP contribution in [0.3, 0.4) is 0 Å². The summed E-state index contributed by atoms with van der Waals surface area (Å²) in [6, 6.07) is 0. The van der Waals surface area contributed by atoms with Crippen LogP contribution < -0.4 is 5.32 Å². The molecule has 2 N–H and O–H groups in total. The van der Waals surface area contributed by atoms with Crippen molar-refractivity contribution < 1.29 is 14.6 Å². The fraction of sp³-hybridized carbons (Fsp3) is 0.909. The van der Waals surface area contributed by atoms with Crippen LogP contribution >= 0.6 is 0 Å². The molecule has 4 heteroatoms. The van der Waals surface area contributed by atoms with Gasteiger partial charge in [-0.15, -0.1) is 0 Å². The first kappa shape index (κ1) is 12.3. The molecular weight excluding hydrogens is 194 g/mol. The maximum Gasteiger partial charge on any atom is 0.408 e. The molecule has 1 amide bonds. The van der Waals surface area contributed by atoms with Crippen molar-refractivity contribution in [2.75, 3.05) is 0 Å². The van der Waals surface area contributed by atoms with E-state index < -0.39 is 11.7 Å². The highest BCUT2D eigenvalue weighted by Crippen LogP contribution is 2.29. The number of hydrogen-bond acceptors (Lipinski definition) is 3. The van der Waals surface area contributed by atoms with E-state index in [2.05, 4.69) is 5.32 Å². The Balaban J connectivity index is 2.45. The number of hydrogen-bond donors (Lipinski definition) is 2. The van der Waals surface area contributed by atoms with Crippen molar-refractivity contribution in [3.63, 3.8) is 0 Å². The summed E-state index contributed by atoms with van der Waals surface area (Å²) >= 11 is 0. The molecule has 0 aliphatic heterocycles. The Hall–Kier alpha value is -0.770. The topological polar surface area (TPSA) is 58.6 Å². The molecule has 4 nitrogen and oxygen atoms in total. The average Bonchev–Trinajstić information content (AvgIpc) is 2.25. The monoisotopic (exact) mass is 215 g/mol. The summed E-state index contributed by atoms with van der Waals surface area (Å²) in [4.78, 5) is 11.5. The molecule has 1 saturated carbocycles. The van der Waals surface area contributed by atoms with Gasteiger partial charge in [-0.1, -0.05) is 0 Å². The first-order valence-electron chi connectivity index (χ1n) is 5.39. The number of amides is 1. The van der Waals surface area contributed by atoms with Gasteiger partial charge < -0.3 is 15.2 Å². The quantitative estimate of drug-likeness (QED) is 0.701. The van der Waals surface area contributed by atoms with Crippen LogP contribution in [0, 0.1) is 0 Å². The number of rotatable bonds is 1. The molecule has 2 atom stereocenters. The van der Waals surface area contributed by atoms with Gasteiger partial charge in [0.1, 0.15) is 5.60 Å². The minimum absolute atomic E-state index is 0.301. The van der Waals surface area contributed by atoms with Gasteiger partial charge in [0, 0.05) is 5.54 Å². The zero-order valence-electron chi connectivity index (χ0n) is 9.96. The maximum atomic E-state index is 11.5. The molecule has 0 bridgehead atoms. The van der Waals surface area contributed by atoms with Crippen molar-refractivity contribution in [1.82, 2.24) is 5.32 Å². The Morgan fingerprint density at radius 3 is 2.53 bits per heavy atom. The molecule has 88 valence electrons. The van der Waals surface area contributed by atoms with Crippen molar-refractivity contribution in [2.45, 2.75) is 64.2 Å². The summed E-state index contributed by atoms with van der Waals surface area (Å²) in [6.07, 6.45) is 1.44. The third kappa shape index (κ3) is 4.08. The van der Waals surface area contributed by atoms with E-state index >= 15 is 0 Å². The Bertz CT molecular complexity index is 247. The normalized spacial score (nSPS) is 31.4. The molecule has 15 heavy (non-hydrogen) atoms. The van der Waals surface area contributed by atoms with Gasteiger partial charge >= 0.3 is 6.09 Å². The number of ether oxygens (including phenoxy) is 1. The van der Waals surface area contributed by atoms with Gasteiger partial charge in [0.25, 0.3) is 0 Å². The maximum absolute atomic E-state index is 11.5. The minimum atomic E-state index is -0.475. The Labute approximate surface area is 91.0 Å². The van der Waals surface area contributed by atoms with Crippen molar-refractivity contribution in [1.29, 1.82) is 0 Å². The predicted octanol–water partition coefficient (Wildman–Crippen LogP) is 1.81. The van der Waals surface area contributed by atoms with Gasteiger partial charge in [-0.2, -0.15) is 0 Å².